The fourth-order valence-electron chi connectivity index (χ4n) is 3.90. The summed E-state index contributed by atoms with van der Waals surface area (Å²) < 4.78 is 6.93. The summed E-state index contributed by atoms with van der Waals surface area (Å²) in [4.78, 5) is 36.3. The summed E-state index contributed by atoms with van der Waals surface area (Å²) in [6.45, 7) is 10.7. The third kappa shape index (κ3) is 2.73. The van der Waals surface area contributed by atoms with Gasteiger partial charge in [0.1, 0.15) is 17.5 Å². The molecule has 1 amide bonds. The molecule has 2 aliphatic rings. The first-order valence-corrected chi connectivity index (χ1v) is 9.20. The number of aromatic nitrogens is 2. The molecule has 4 heterocycles. The first-order chi connectivity index (χ1) is 12.5. The van der Waals surface area contributed by atoms with Crippen molar-refractivity contribution in [2.75, 3.05) is 45.8 Å². The van der Waals surface area contributed by atoms with E-state index in [1.54, 1.807) is 18.9 Å². The highest BCUT2D eigenvalue weighted by Crippen LogP contribution is 2.26. The van der Waals surface area contributed by atoms with Gasteiger partial charge in [-0.05, 0) is 13.5 Å². The molecule has 0 aliphatic carbocycles. The maximum Gasteiger partial charge on any atom is 0.265 e. The molecule has 0 bridgehead atoms. The Morgan fingerprint density at radius 2 is 1.96 bits per heavy atom. The average Bonchev–Trinajstić information content (AvgIpc) is 2.94. The van der Waals surface area contributed by atoms with Crippen LogP contribution in [0.15, 0.2) is 15.5 Å². The second-order valence-corrected chi connectivity index (χ2v) is 7.21. The van der Waals surface area contributed by atoms with Crippen molar-refractivity contribution in [3.8, 4) is 0 Å². The highest BCUT2D eigenvalue weighted by molar-refractivity contribution is 6.06. The van der Waals surface area contributed by atoms with Gasteiger partial charge in [0, 0.05) is 52.4 Å². The van der Waals surface area contributed by atoms with Crippen LogP contribution in [0.3, 0.4) is 0 Å². The lowest BCUT2D eigenvalue weighted by molar-refractivity contribution is 0.00840. The second-order valence-electron chi connectivity index (χ2n) is 7.21. The summed E-state index contributed by atoms with van der Waals surface area (Å²) in [6, 6.07) is 0.414. The maximum atomic E-state index is 13.0. The number of likely N-dealkylation sites (tertiary alicyclic amines) is 1. The van der Waals surface area contributed by atoms with Crippen molar-refractivity contribution in [3.05, 3.63) is 28.0 Å². The van der Waals surface area contributed by atoms with E-state index in [0.29, 0.717) is 30.5 Å². The van der Waals surface area contributed by atoms with E-state index in [9.17, 15) is 9.59 Å². The van der Waals surface area contributed by atoms with E-state index in [1.165, 1.54) is 10.9 Å². The van der Waals surface area contributed by atoms with Crippen molar-refractivity contribution < 1.29 is 9.21 Å². The number of carbonyl (C=O) groups excluding carboxylic acids is 1. The minimum atomic E-state index is -0.247. The van der Waals surface area contributed by atoms with Crippen LogP contribution < -0.4 is 5.56 Å². The standard InChI is InChI=1S/C18H25N5O3/c1-4-21-5-7-22(8-6-21)13-9-23(10-13)18(25)14-12(2)26-16-15(14)17(24)20(3)11-19-16/h11,13H,4-10H2,1-3H3. The Labute approximate surface area is 152 Å². The summed E-state index contributed by atoms with van der Waals surface area (Å²) >= 11 is 0. The van der Waals surface area contributed by atoms with Crippen LogP contribution in [0.25, 0.3) is 11.1 Å². The first kappa shape index (κ1) is 17.2. The lowest BCUT2D eigenvalue weighted by Gasteiger charge is -2.48. The van der Waals surface area contributed by atoms with E-state index >= 15 is 0 Å². The van der Waals surface area contributed by atoms with Crippen molar-refractivity contribution >= 4 is 17.0 Å². The van der Waals surface area contributed by atoms with Crippen molar-refractivity contribution in [1.82, 2.24) is 24.3 Å². The summed E-state index contributed by atoms with van der Waals surface area (Å²) in [7, 11) is 1.63. The number of carbonyl (C=O) groups is 1. The Bertz CT molecular complexity index is 888. The molecule has 0 unspecified atom stereocenters. The normalized spacial score (nSPS) is 19.9. The maximum absolute atomic E-state index is 13.0. The van der Waals surface area contributed by atoms with Gasteiger partial charge >= 0.3 is 0 Å². The first-order valence-electron chi connectivity index (χ1n) is 9.20. The summed E-state index contributed by atoms with van der Waals surface area (Å²) in [6.07, 6.45) is 1.41. The van der Waals surface area contributed by atoms with Crippen LogP contribution in [0, 0.1) is 6.92 Å². The van der Waals surface area contributed by atoms with E-state index < -0.39 is 0 Å². The van der Waals surface area contributed by atoms with Crippen molar-refractivity contribution in [2.45, 2.75) is 19.9 Å². The van der Waals surface area contributed by atoms with Crippen LogP contribution in [0.4, 0.5) is 0 Å². The van der Waals surface area contributed by atoms with Gasteiger partial charge in [-0.1, -0.05) is 6.92 Å². The van der Waals surface area contributed by atoms with Crippen LogP contribution in [-0.2, 0) is 7.05 Å². The van der Waals surface area contributed by atoms with Crippen LogP contribution in [0.5, 0.6) is 0 Å². The zero-order valence-corrected chi connectivity index (χ0v) is 15.6. The fourth-order valence-corrected chi connectivity index (χ4v) is 3.90. The molecule has 8 heteroatoms. The molecule has 2 aliphatic heterocycles. The molecule has 140 valence electrons. The molecule has 0 aromatic carbocycles. The number of fused-ring (bicyclic) bond motifs is 1. The molecule has 2 fully saturated rings. The Hall–Kier alpha value is -2.19. The molecule has 8 nitrogen and oxygen atoms in total. The highest BCUT2D eigenvalue weighted by atomic mass is 16.3. The fraction of sp³-hybridized carbons (Fsp3) is 0.611. The van der Waals surface area contributed by atoms with Gasteiger partial charge in [0.15, 0.2) is 0 Å². The monoisotopic (exact) mass is 359 g/mol. The lowest BCUT2D eigenvalue weighted by Crippen LogP contribution is -2.64. The highest BCUT2D eigenvalue weighted by Gasteiger charge is 2.38. The topological polar surface area (TPSA) is 74.8 Å². The molecule has 4 rings (SSSR count). The molecule has 0 saturated carbocycles. The van der Waals surface area contributed by atoms with E-state index in [2.05, 4.69) is 21.7 Å². The molecule has 0 spiro atoms. The van der Waals surface area contributed by atoms with E-state index in [4.69, 9.17) is 4.42 Å². The molecule has 0 radical (unpaired) electrons. The van der Waals surface area contributed by atoms with Crippen LogP contribution >= 0.6 is 0 Å². The Kier molecular flexibility index (Phi) is 4.32. The molecule has 26 heavy (non-hydrogen) atoms. The third-order valence-corrected chi connectivity index (χ3v) is 5.68. The van der Waals surface area contributed by atoms with Gasteiger partial charge in [-0.3, -0.25) is 14.5 Å². The van der Waals surface area contributed by atoms with E-state index in [-0.39, 0.29) is 22.6 Å². The second kappa shape index (κ2) is 6.51. The van der Waals surface area contributed by atoms with Crippen molar-refractivity contribution in [2.24, 2.45) is 7.05 Å². The van der Waals surface area contributed by atoms with Crippen molar-refractivity contribution in [1.29, 1.82) is 0 Å². The molecule has 2 saturated heterocycles. The third-order valence-electron chi connectivity index (χ3n) is 5.68. The molecule has 0 atom stereocenters. The lowest BCUT2D eigenvalue weighted by atomic mass is 10.0. The number of hydrogen-bond donors (Lipinski definition) is 0. The van der Waals surface area contributed by atoms with Gasteiger partial charge in [-0.25, -0.2) is 4.98 Å². The average molecular weight is 359 g/mol. The predicted molar refractivity (Wildman–Crippen MR) is 97.4 cm³/mol. The summed E-state index contributed by atoms with van der Waals surface area (Å²) in [5, 5.41) is 0.289. The number of furan rings is 1. The number of amides is 1. The molecule has 2 aromatic rings. The number of aryl methyl sites for hydroxylation is 2. The van der Waals surface area contributed by atoms with Crippen LogP contribution in [0.2, 0.25) is 0 Å². The SMILES string of the molecule is CCN1CCN(C2CN(C(=O)c3c(C)oc4ncn(C)c(=O)c34)C2)CC1. The number of rotatable bonds is 3. The Morgan fingerprint density at radius 1 is 1.27 bits per heavy atom. The Morgan fingerprint density at radius 3 is 2.62 bits per heavy atom. The molecule has 0 N–H and O–H groups in total. The smallest absolute Gasteiger partial charge is 0.265 e. The molecule has 2 aromatic heterocycles. The minimum absolute atomic E-state index is 0.130. The number of hydrogen-bond acceptors (Lipinski definition) is 6. The molecular weight excluding hydrogens is 334 g/mol. The predicted octanol–water partition coefficient (Wildman–Crippen LogP) is 0.297. The largest absolute Gasteiger partial charge is 0.442 e. The van der Waals surface area contributed by atoms with E-state index in [1.807, 2.05) is 0 Å². The van der Waals surface area contributed by atoms with Gasteiger partial charge in [0.2, 0.25) is 5.71 Å². The van der Waals surface area contributed by atoms with Gasteiger partial charge < -0.3 is 18.8 Å². The molecular formula is C18H25N5O3. The van der Waals surface area contributed by atoms with Gasteiger partial charge in [0.25, 0.3) is 11.5 Å². The summed E-state index contributed by atoms with van der Waals surface area (Å²) in [5.41, 5.74) is 0.354. The van der Waals surface area contributed by atoms with Crippen LogP contribution in [-0.4, -0.2) is 82.0 Å². The number of likely N-dealkylation sites (N-methyl/N-ethyl adjacent to an activating group) is 1. The van der Waals surface area contributed by atoms with Crippen LogP contribution in [0.1, 0.15) is 23.0 Å². The zero-order valence-electron chi connectivity index (χ0n) is 15.6. The quantitative estimate of drug-likeness (QED) is 0.785. The zero-order chi connectivity index (χ0) is 18.4. The Balaban J connectivity index is 1.49. The minimum Gasteiger partial charge on any atom is -0.442 e. The van der Waals surface area contributed by atoms with Gasteiger partial charge in [-0.15, -0.1) is 0 Å². The van der Waals surface area contributed by atoms with Crippen molar-refractivity contribution in [3.63, 3.8) is 0 Å². The number of nitrogens with zero attached hydrogens (tertiary/aromatic N) is 5. The van der Waals surface area contributed by atoms with Gasteiger partial charge in [-0.2, -0.15) is 0 Å². The van der Waals surface area contributed by atoms with E-state index in [0.717, 1.165) is 32.7 Å². The number of piperazine rings is 1. The van der Waals surface area contributed by atoms with Gasteiger partial charge in [0.05, 0.1) is 5.56 Å². The summed E-state index contributed by atoms with van der Waals surface area (Å²) in [5.74, 6) is 0.329.